The van der Waals surface area contributed by atoms with Crippen molar-refractivity contribution < 1.29 is 10.2 Å². The van der Waals surface area contributed by atoms with Gasteiger partial charge in [0.1, 0.15) is 0 Å². The second-order valence-corrected chi connectivity index (χ2v) is 4.56. The lowest BCUT2D eigenvalue weighted by molar-refractivity contribution is -0.0803. The molecule has 1 heterocycles. The second-order valence-electron chi connectivity index (χ2n) is 4.56. The Balaban J connectivity index is 2.72. The van der Waals surface area contributed by atoms with Crippen LogP contribution < -0.4 is 0 Å². The number of rotatable bonds is 2. The van der Waals surface area contributed by atoms with Gasteiger partial charge in [0.05, 0.1) is 12.2 Å². The van der Waals surface area contributed by atoms with Gasteiger partial charge in [0.15, 0.2) is 0 Å². The smallest absolute Gasteiger partial charge is 0.0858 e. The Morgan fingerprint density at radius 2 is 2.08 bits per heavy atom. The van der Waals surface area contributed by atoms with Gasteiger partial charge in [0.2, 0.25) is 0 Å². The summed E-state index contributed by atoms with van der Waals surface area (Å²) in [6.07, 6.45) is 0.761. The van der Waals surface area contributed by atoms with Gasteiger partial charge >= 0.3 is 0 Å². The summed E-state index contributed by atoms with van der Waals surface area (Å²) in [5.41, 5.74) is -1.10. The lowest BCUT2D eigenvalue weighted by Crippen LogP contribution is -2.48. The zero-order valence-electron chi connectivity index (χ0n) is 8.17. The third kappa shape index (κ3) is 1.49. The van der Waals surface area contributed by atoms with E-state index >= 15 is 0 Å². The molecule has 0 aromatic rings. The van der Waals surface area contributed by atoms with E-state index in [2.05, 4.69) is 4.90 Å². The highest BCUT2D eigenvalue weighted by Crippen LogP contribution is 2.37. The van der Waals surface area contributed by atoms with Gasteiger partial charge in [-0.3, -0.25) is 0 Å². The van der Waals surface area contributed by atoms with Gasteiger partial charge < -0.3 is 15.1 Å². The predicted octanol–water partition coefficient (Wildman–Crippen LogP) is 0.0715. The van der Waals surface area contributed by atoms with E-state index in [1.54, 1.807) is 0 Å². The lowest BCUT2D eigenvalue weighted by atomic mass is 9.75. The minimum absolute atomic E-state index is 0.0390. The highest BCUT2D eigenvalue weighted by Gasteiger charge is 2.46. The van der Waals surface area contributed by atoms with Crippen LogP contribution in [0.25, 0.3) is 0 Å². The molecule has 0 spiro atoms. The molecule has 3 nitrogen and oxygen atoms in total. The summed E-state index contributed by atoms with van der Waals surface area (Å²) in [7, 11) is 1.99. The molecule has 1 atom stereocenters. The molecule has 0 aromatic heterocycles. The highest BCUT2D eigenvalue weighted by molar-refractivity contribution is 4.99. The monoisotopic (exact) mass is 173 g/mol. The average molecular weight is 173 g/mol. The van der Waals surface area contributed by atoms with Crippen molar-refractivity contribution in [2.24, 2.45) is 5.41 Å². The molecular formula is C9H19NO2. The van der Waals surface area contributed by atoms with E-state index in [1.807, 2.05) is 20.9 Å². The first-order valence-electron chi connectivity index (χ1n) is 4.43. The van der Waals surface area contributed by atoms with Crippen LogP contribution in [0.15, 0.2) is 0 Å². The van der Waals surface area contributed by atoms with Crippen molar-refractivity contribution in [1.29, 1.82) is 0 Å². The average Bonchev–Trinajstić information content (AvgIpc) is 2.33. The number of likely N-dealkylation sites (N-methyl/N-ethyl adjacent to an activating group) is 1. The fourth-order valence-electron chi connectivity index (χ4n) is 1.68. The summed E-state index contributed by atoms with van der Waals surface area (Å²) in [6, 6.07) is 0. The van der Waals surface area contributed by atoms with Gasteiger partial charge in [-0.15, -0.1) is 0 Å². The SMILES string of the molecule is CN1CCC(O)(C(C)(C)CO)C1. The summed E-state index contributed by atoms with van der Waals surface area (Å²) in [5.74, 6) is 0. The molecule has 72 valence electrons. The fraction of sp³-hybridized carbons (Fsp3) is 1.00. The molecule has 1 fully saturated rings. The molecule has 0 saturated carbocycles. The van der Waals surface area contributed by atoms with Crippen molar-refractivity contribution in [3.05, 3.63) is 0 Å². The van der Waals surface area contributed by atoms with Crippen LogP contribution in [-0.2, 0) is 0 Å². The van der Waals surface area contributed by atoms with Crippen molar-refractivity contribution in [1.82, 2.24) is 4.90 Å². The lowest BCUT2D eigenvalue weighted by Gasteiger charge is -2.38. The molecule has 2 N–H and O–H groups in total. The molecule has 0 amide bonds. The summed E-state index contributed by atoms with van der Waals surface area (Å²) in [4.78, 5) is 2.09. The van der Waals surface area contributed by atoms with Gasteiger partial charge in [0, 0.05) is 18.5 Å². The number of aliphatic hydroxyl groups excluding tert-OH is 1. The molecule has 0 radical (unpaired) electrons. The van der Waals surface area contributed by atoms with Gasteiger partial charge in [-0.2, -0.15) is 0 Å². The van der Waals surface area contributed by atoms with Gasteiger partial charge in [-0.25, -0.2) is 0 Å². The Hall–Kier alpha value is -0.120. The van der Waals surface area contributed by atoms with E-state index < -0.39 is 11.0 Å². The van der Waals surface area contributed by atoms with Gasteiger partial charge in [0.25, 0.3) is 0 Å². The number of hydrogen-bond acceptors (Lipinski definition) is 3. The second kappa shape index (κ2) is 2.98. The Kier molecular flexibility index (Phi) is 2.47. The van der Waals surface area contributed by atoms with Crippen LogP contribution in [0.2, 0.25) is 0 Å². The van der Waals surface area contributed by atoms with Crippen LogP contribution in [0.5, 0.6) is 0 Å². The summed E-state index contributed by atoms with van der Waals surface area (Å²) in [6.45, 7) is 5.44. The van der Waals surface area contributed by atoms with Crippen LogP contribution in [0.3, 0.4) is 0 Å². The number of β-amino-alcohol motifs (C(OH)–C–C–N with tert-alkyl or cyclic N) is 1. The Labute approximate surface area is 74.0 Å². The molecule has 1 aliphatic rings. The standard InChI is InChI=1S/C9H19NO2/c1-8(2,7-11)9(12)4-5-10(3)6-9/h11-12H,4-7H2,1-3H3. The largest absolute Gasteiger partial charge is 0.396 e. The van der Waals surface area contributed by atoms with E-state index in [4.69, 9.17) is 5.11 Å². The van der Waals surface area contributed by atoms with E-state index in [1.165, 1.54) is 0 Å². The molecule has 3 heteroatoms. The van der Waals surface area contributed by atoms with Crippen LogP contribution in [0.1, 0.15) is 20.3 Å². The molecule has 1 saturated heterocycles. The number of aliphatic hydroxyl groups is 2. The zero-order valence-corrected chi connectivity index (χ0v) is 8.17. The van der Waals surface area contributed by atoms with Crippen LogP contribution >= 0.6 is 0 Å². The van der Waals surface area contributed by atoms with Crippen LogP contribution in [-0.4, -0.2) is 47.5 Å². The van der Waals surface area contributed by atoms with Crippen molar-refractivity contribution in [3.63, 3.8) is 0 Å². The maximum atomic E-state index is 10.2. The minimum Gasteiger partial charge on any atom is -0.396 e. The third-order valence-corrected chi connectivity index (χ3v) is 3.09. The minimum atomic E-state index is -0.712. The summed E-state index contributed by atoms with van der Waals surface area (Å²) >= 11 is 0. The van der Waals surface area contributed by atoms with Crippen molar-refractivity contribution in [2.45, 2.75) is 25.9 Å². The quantitative estimate of drug-likeness (QED) is 0.621. The molecular weight excluding hydrogens is 154 g/mol. The van der Waals surface area contributed by atoms with Crippen LogP contribution in [0.4, 0.5) is 0 Å². The maximum Gasteiger partial charge on any atom is 0.0858 e. The predicted molar refractivity (Wildman–Crippen MR) is 47.9 cm³/mol. The van der Waals surface area contributed by atoms with Crippen molar-refractivity contribution in [3.8, 4) is 0 Å². The first-order valence-corrected chi connectivity index (χ1v) is 4.43. The zero-order chi connectivity index (χ0) is 9.41. The first-order chi connectivity index (χ1) is 5.41. The maximum absolute atomic E-state index is 10.2. The van der Waals surface area contributed by atoms with E-state index in [0.717, 1.165) is 13.0 Å². The molecule has 12 heavy (non-hydrogen) atoms. The third-order valence-electron chi connectivity index (χ3n) is 3.09. The number of hydrogen-bond donors (Lipinski definition) is 2. The Bertz CT molecular complexity index is 170. The molecule has 0 bridgehead atoms. The van der Waals surface area contributed by atoms with E-state index in [9.17, 15) is 5.11 Å². The van der Waals surface area contributed by atoms with Crippen molar-refractivity contribution >= 4 is 0 Å². The Morgan fingerprint density at radius 3 is 2.42 bits per heavy atom. The highest BCUT2D eigenvalue weighted by atomic mass is 16.3. The number of nitrogens with zero attached hydrogens (tertiary/aromatic N) is 1. The molecule has 1 unspecified atom stereocenters. The van der Waals surface area contributed by atoms with Crippen molar-refractivity contribution in [2.75, 3.05) is 26.7 Å². The fourth-order valence-corrected chi connectivity index (χ4v) is 1.68. The van der Waals surface area contributed by atoms with Gasteiger partial charge in [-0.05, 0) is 13.5 Å². The molecule has 0 aliphatic carbocycles. The van der Waals surface area contributed by atoms with E-state index in [0.29, 0.717) is 6.54 Å². The summed E-state index contributed by atoms with van der Waals surface area (Å²) in [5, 5.41) is 19.3. The first kappa shape index (κ1) is 9.96. The number of likely N-dealkylation sites (tertiary alicyclic amines) is 1. The molecule has 1 aliphatic heterocycles. The Morgan fingerprint density at radius 1 is 1.50 bits per heavy atom. The normalized spacial score (nSPS) is 32.8. The topological polar surface area (TPSA) is 43.7 Å². The molecule has 1 rings (SSSR count). The molecule has 0 aromatic carbocycles. The van der Waals surface area contributed by atoms with Crippen LogP contribution in [0, 0.1) is 5.41 Å². The van der Waals surface area contributed by atoms with E-state index in [-0.39, 0.29) is 6.61 Å². The summed E-state index contributed by atoms with van der Waals surface area (Å²) < 4.78 is 0. The van der Waals surface area contributed by atoms with Gasteiger partial charge in [-0.1, -0.05) is 13.8 Å².